The van der Waals surface area contributed by atoms with E-state index in [4.69, 9.17) is 10.2 Å². The van der Waals surface area contributed by atoms with Gasteiger partial charge in [0.1, 0.15) is 6.04 Å². The first-order chi connectivity index (χ1) is 9.25. The summed E-state index contributed by atoms with van der Waals surface area (Å²) in [5.41, 5.74) is 0.140. The summed E-state index contributed by atoms with van der Waals surface area (Å²) in [6.07, 6.45) is 0.937. The van der Waals surface area contributed by atoms with E-state index in [0.717, 1.165) is 6.26 Å². The number of carbonyl (C=O) groups is 2. The monoisotopic (exact) mass is 301 g/mol. The van der Waals surface area contributed by atoms with Gasteiger partial charge in [0, 0.05) is 24.8 Å². The second-order valence-corrected chi connectivity index (χ2v) is 6.19. The van der Waals surface area contributed by atoms with Crippen LogP contribution in [0.25, 0.3) is 0 Å². The van der Waals surface area contributed by atoms with E-state index in [1.165, 1.54) is 24.3 Å². The van der Waals surface area contributed by atoms with Crippen LogP contribution in [0.4, 0.5) is 0 Å². The first kappa shape index (κ1) is 16.1. The molecule has 1 aromatic carbocycles. The third-order valence-corrected chi connectivity index (χ3v) is 3.69. The third-order valence-electron chi connectivity index (χ3n) is 2.57. The number of aliphatic hydroxyl groups is 1. The molecular weight excluding hydrogens is 286 g/mol. The van der Waals surface area contributed by atoms with Gasteiger partial charge in [-0.1, -0.05) is 0 Å². The van der Waals surface area contributed by atoms with Gasteiger partial charge >= 0.3 is 5.97 Å². The number of benzene rings is 1. The molecule has 0 aliphatic rings. The molecule has 0 aliphatic heterocycles. The summed E-state index contributed by atoms with van der Waals surface area (Å²) in [6, 6.07) is 3.94. The van der Waals surface area contributed by atoms with Crippen molar-refractivity contribution in [3.63, 3.8) is 0 Å². The van der Waals surface area contributed by atoms with Crippen molar-refractivity contribution in [2.45, 2.75) is 17.4 Å². The zero-order chi connectivity index (χ0) is 15.3. The molecule has 110 valence electrons. The quantitative estimate of drug-likeness (QED) is 0.660. The lowest BCUT2D eigenvalue weighted by molar-refractivity contribution is -0.139. The largest absolute Gasteiger partial charge is 0.480 e. The van der Waals surface area contributed by atoms with Crippen LogP contribution in [0, 0.1) is 0 Å². The topological polar surface area (TPSA) is 121 Å². The number of aliphatic hydroxyl groups excluding tert-OH is 1. The summed E-state index contributed by atoms with van der Waals surface area (Å²) < 4.78 is 22.5. The molecule has 1 amide bonds. The van der Waals surface area contributed by atoms with E-state index in [2.05, 4.69) is 5.32 Å². The summed E-state index contributed by atoms with van der Waals surface area (Å²) in [7, 11) is -3.35. The van der Waals surface area contributed by atoms with E-state index in [-0.39, 0.29) is 23.5 Å². The Hall–Kier alpha value is -1.93. The molecule has 0 aliphatic carbocycles. The van der Waals surface area contributed by atoms with Crippen molar-refractivity contribution < 1.29 is 28.2 Å². The van der Waals surface area contributed by atoms with Crippen LogP contribution in [0.15, 0.2) is 29.2 Å². The average Bonchev–Trinajstić information content (AvgIpc) is 2.37. The van der Waals surface area contributed by atoms with Crippen molar-refractivity contribution in [2.75, 3.05) is 12.9 Å². The van der Waals surface area contributed by atoms with Crippen LogP contribution in [-0.4, -0.2) is 49.4 Å². The molecule has 0 saturated carbocycles. The van der Waals surface area contributed by atoms with Crippen LogP contribution < -0.4 is 5.32 Å². The third kappa shape index (κ3) is 4.32. The molecule has 8 heteroatoms. The number of carboxylic acids is 1. The van der Waals surface area contributed by atoms with Crippen molar-refractivity contribution in [3.05, 3.63) is 29.8 Å². The number of hydrogen-bond acceptors (Lipinski definition) is 5. The van der Waals surface area contributed by atoms with Gasteiger partial charge in [-0.25, -0.2) is 13.2 Å². The molecule has 0 heterocycles. The molecule has 1 rings (SSSR count). The smallest absolute Gasteiger partial charge is 0.326 e. The van der Waals surface area contributed by atoms with Crippen LogP contribution >= 0.6 is 0 Å². The second kappa shape index (κ2) is 6.49. The number of carbonyl (C=O) groups excluding carboxylic acids is 1. The van der Waals surface area contributed by atoms with Gasteiger partial charge in [-0.2, -0.15) is 0 Å². The molecule has 20 heavy (non-hydrogen) atoms. The van der Waals surface area contributed by atoms with Crippen LogP contribution in [0.5, 0.6) is 0 Å². The number of carboxylic acid groups (broad SMARTS) is 1. The lowest BCUT2D eigenvalue weighted by Crippen LogP contribution is -2.41. The Kier molecular flexibility index (Phi) is 5.23. The van der Waals surface area contributed by atoms with Gasteiger partial charge in [0.15, 0.2) is 9.84 Å². The van der Waals surface area contributed by atoms with Gasteiger partial charge in [0.05, 0.1) is 4.90 Å². The standard InChI is InChI=1S/C12H15NO6S/c1-20(18,19)9-4-2-8(3-5-9)11(15)13-10(6-7-14)12(16)17/h2-5,10,14H,6-7H2,1H3,(H,13,15)(H,16,17)/t10-/m1/s1. The van der Waals surface area contributed by atoms with Crippen molar-refractivity contribution in [1.82, 2.24) is 5.32 Å². The van der Waals surface area contributed by atoms with Crippen molar-refractivity contribution in [3.8, 4) is 0 Å². The Morgan fingerprint density at radius 3 is 2.20 bits per heavy atom. The van der Waals surface area contributed by atoms with Gasteiger partial charge in [-0.05, 0) is 24.3 Å². The summed E-state index contributed by atoms with van der Waals surface area (Å²) in [5.74, 6) is -1.90. The highest BCUT2D eigenvalue weighted by Crippen LogP contribution is 2.10. The number of aliphatic carboxylic acids is 1. The lowest BCUT2D eigenvalue weighted by Gasteiger charge is -2.13. The van der Waals surface area contributed by atoms with E-state index in [1.807, 2.05) is 0 Å². The Labute approximate surface area is 116 Å². The van der Waals surface area contributed by atoms with Crippen LogP contribution in [0.1, 0.15) is 16.8 Å². The molecule has 7 nitrogen and oxygen atoms in total. The predicted molar refractivity (Wildman–Crippen MR) is 70.1 cm³/mol. The zero-order valence-corrected chi connectivity index (χ0v) is 11.6. The Bertz CT molecular complexity index is 593. The fourth-order valence-corrected chi connectivity index (χ4v) is 2.11. The van der Waals surface area contributed by atoms with Crippen molar-refractivity contribution >= 4 is 21.7 Å². The highest BCUT2D eigenvalue weighted by molar-refractivity contribution is 7.90. The molecule has 1 aromatic rings. The van der Waals surface area contributed by atoms with Gasteiger partial charge < -0.3 is 15.5 Å². The highest BCUT2D eigenvalue weighted by Gasteiger charge is 2.20. The molecule has 1 atom stereocenters. The number of sulfone groups is 1. The van der Waals surface area contributed by atoms with Gasteiger partial charge in [0.25, 0.3) is 5.91 Å². The van der Waals surface area contributed by atoms with Crippen LogP contribution in [0.2, 0.25) is 0 Å². The number of nitrogens with one attached hydrogen (secondary N) is 1. The summed E-state index contributed by atoms with van der Waals surface area (Å²) in [6.45, 7) is -0.371. The fraction of sp³-hybridized carbons (Fsp3) is 0.333. The maximum atomic E-state index is 11.8. The minimum absolute atomic E-state index is 0.0687. The number of hydrogen-bond donors (Lipinski definition) is 3. The van der Waals surface area contributed by atoms with Gasteiger partial charge in [-0.15, -0.1) is 0 Å². The number of amides is 1. The highest BCUT2D eigenvalue weighted by atomic mass is 32.2. The molecular formula is C12H15NO6S. The molecule has 0 saturated heterocycles. The molecule has 0 radical (unpaired) electrons. The lowest BCUT2D eigenvalue weighted by atomic mass is 10.1. The van der Waals surface area contributed by atoms with Crippen molar-refractivity contribution in [2.24, 2.45) is 0 Å². The maximum absolute atomic E-state index is 11.8. The number of rotatable bonds is 6. The Morgan fingerprint density at radius 2 is 1.80 bits per heavy atom. The summed E-state index contributed by atoms with van der Waals surface area (Å²) in [5, 5.41) is 19.8. The van der Waals surface area contributed by atoms with Crippen LogP contribution in [0.3, 0.4) is 0 Å². The van der Waals surface area contributed by atoms with E-state index < -0.39 is 27.8 Å². The van der Waals surface area contributed by atoms with Crippen molar-refractivity contribution in [1.29, 1.82) is 0 Å². The fourth-order valence-electron chi connectivity index (χ4n) is 1.48. The first-order valence-corrected chi connectivity index (χ1v) is 7.59. The van der Waals surface area contributed by atoms with Crippen LogP contribution in [-0.2, 0) is 14.6 Å². The Balaban J connectivity index is 2.85. The first-order valence-electron chi connectivity index (χ1n) is 5.70. The molecule has 0 aromatic heterocycles. The molecule has 3 N–H and O–H groups in total. The predicted octanol–water partition coefficient (Wildman–Crippen LogP) is -0.344. The minimum Gasteiger partial charge on any atom is -0.480 e. The second-order valence-electron chi connectivity index (χ2n) is 4.17. The van der Waals surface area contributed by atoms with Gasteiger partial charge in [0.2, 0.25) is 0 Å². The van der Waals surface area contributed by atoms with E-state index >= 15 is 0 Å². The normalized spacial score (nSPS) is 12.7. The average molecular weight is 301 g/mol. The molecule has 0 spiro atoms. The van der Waals surface area contributed by atoms with E-state index in [0.29, 0.717) is 0 Å². The molecule has 0 unspecified atom stereocenters. The SMILES string of the molecule is CS(=O)(=O)c1ccc(C(=O)N[C@H](CCO)C(=O)O)cc1. The zero-order valence-electron chi connectivity index (χ0n) is 10.7. The van der Waals surface area contributed by atoms with E-state index in [9.17, 15) is 18.0 Å². The van der Waals surface area contributed by atoms with Gasteiger partial charge in [-0.3, -0.25) is 4.79 Å². The summed E-state index contributed by atoms with van der Waals surface area (Å²) >= 11 is 0. The maximum Gasteiger partial charge on any atom is 0.326 e. The Morgan fingerprint density at radius 1 is 1.25 bits per heavy atom. The summed E-state index contributed by atoms with van der Waals surface area (Å²) in [4.78, 5) is 22.7. The molecule has 0 bridgehead atoms. The minimum atomic E-state index is -3.35. The van der Waals surface area contributed by atoms with E-state index in [1.54, 1.807) is 0 Å². The molecule has 0 fully saturated rings.